The molecule has 2 aromatic rings. The first-order valence-corrected chi connectivity index (χ1v) is 8.31. The van der Waals surface area contributed by atoms with Gasteiger partial charge in [-0.15, -0.1) is 0 Å². The van der Waals surface area contributed by atoms with Crippen LogP contribution in [-0.4, -0.2) is 22.1 Å². The maximum Gasteiger partial charge on any atom is 0.0483 e. The van der Waals surface area contributed by atoms with Crippen LogP contribution in [0.15, 0.2) is 30.5 Å². The summed E-state index contributed by atoms with van der Waals surface area (Å²) in [6, 6.07) is 9.09. The van der Waals surface area contributed by atoms with E-state index in [2.05, 4.69) is 48.9 Å². The van der Waals surface area contributed by atoms with E-state index < -0.39 is 0 Å². The zero-order valence-corrected chi connectivity index (χ0v) is 12.7. The van der Waals surface area contributed by atoms with Crippen LogP contribution in [0, 0.1) is 0 Å². The fourth-order valence-corrected chi connectivity index (χ4v) is 3.01. The average molecular weight is 276 g/mol. The second kappa shape index (κ2) is 7.01. The maximum atomic E-state index is 6.09. The summed E-state index contributed by atoms with van der Waals surface area (Å²) in [4.78, 5) is 0. The number of benzene rings is 1. The summed E-state index contributed by atoms with van der Waals surface area (Å²) in [5, 5.41) is 1.37. The van der Waals surface area contributed by atoms with Gasteiger partial charge in [0.1, 0.15) is 0 Å². The molecule has 19 heavy (non-hydrogen) atoms. The highest BCUT2D eigenvalue weighted by Crippen LogP contribution is 2.22. The predicted octanol–water partition coefficient (Wildman–Crippen LogP) is 3.67. The third-order valence-electron chi connectivity index (χ3n) is 3.59. The van der Waals surface area contributed by atoms with Crippen LogP contribution in [0.5, 0.6) is 0 Å². The summed E-state index contributed by atoms with van der Waals surface area (Å²) in [7, 11) is 0. The van der Waals surface area contributed by atoms with Crippen molar-refractivity contribution in [1.29, 1.82) is 0 Å². The van der Waals surface area contributed by atoms with Gasteiger partial charge in [-0.1, -0.05) is 26.0 Å². The molecule has 0 aliphatic carbocycles. The molecule has 2 N–H and O–H groups in total. The first kappa shape index (κ1) is 14.5. The van der Waals surface area contributed by atoms with Gasteiger partial charge in [0.05, 0.1) is 0 Å². The molecule has 2 rings (SSSR count). The van der Waals surface area contributed by atoms with E-state index in [4.69, 9.17) is 5.73 Å². The highest BCUT2D eigenvalue weighted by atomic mass is 32.2. The Balaban J connectivity index is 2.21. The molecule has 0 amide bonds. The molecular weight excluding hydrogens is 252 g/mol. The van der Waals surface area contributed by atoms with Gasteiger partial charge in [0.2, 0.25) is 0 Å². The lowest BCUT2D eigenvalue weighted by Gasteiger charge is -2.10. The largest absolute Gasteiger partial charge is 0.347 e. The number of aryl methyl sites for hydroxylation is 1. The molecule has 1 aromatic carbocycles. The Morgan fingerprint density at radius 1 is 1.26 bits per heavy atom. The highest BCUT2D eigenvalue weighted by molar-refractivity contribution is 7.99. The molecular formula is C16H24N2S. The van der Waals surface area contributed by atoms with Gasteiger partial charge in [-0.2, -0.15) is 11.8 Å². The first-order chi connectivity index (χ1) is 9.26. The third kappa shape index (κ3) is 3.54. The highest BCUT2D eigenvalue weighted by Gasteiger charge is 2.08. The van der Waals surface area contributed by atoms with Gasteiger partial charge in [0, 0.05) is 35.4 Å². The van der Waals surface area contributed by atoms with Gasteiger partial charge in [-0.05, 0) is 36.3 Å². The van der Waals surface area contributed by atoms with Crippen LogP contribution >= 0.6 is 11.8 Å². The topological polar surface area (TPSA) is 30.9 Å². The number of nitrogens with two attached hydrogens (primary N) is 1. The molecule has 1 heterocycles. The van der Waals surface area contributed by atoms with Gasteiger partial charge >= 0.3 is 0 Å². The number of thioether (sulfide) groups is 1. The van der Waals surface area contributed by atoms with Crippen molar-refractivity contribution in [1.82, 2.24) is 4.57 Å². The summed E-state index contributed by atoms with van der Waals surface area (Å²) >= 11 is 1.99. The number of aromatic nitrogens is 1. The van der Waals surface area contributed by atoms with E-state index in [0.29, 0.717) is 0 Å². The predicted molar refractivity (Wildman–Crippen MR) is 86.9 cm³/mol. The molecule has 0 saturated carbocycles. The Morgan fingerprint density at radius 2 is 2.11 bits per heavy atom. The molecule has 1 unspecified atom stereocenters. The van der Waals surface area contributed by atoms with Crippen molar-refractivity contribution in [2.75, 3.05) is 11.5 Å². The van der Waals surface area contributed by atoms with E-state index >= 15 is 0 Å². The average Bonchev–Trinajstić information content (AvgIpc) is 2.83. The van der Waals surface area contributed by atoms with Crippen LogP contribution in [0.3, 0.4) is 0 Å². The fraction of sp³-hybridized carbons (Fsp3) is 0.500. The Morgan fingerprint density at radius 3 is 2.84 bits per heavy atom. The van der Waals surface area contributed by atoms with E-state index in [1.807, 2.05) is 11.8 Å². The molecule has 2 nitrogen and oxygen atoms in total. The lowest BCUT2D eigenvalue weighted by Crippen LogP contribution is -2.21. The van der Waals surface area contributed by atoms with Crippen LogP contribution in [0.1, 0.15) is 25.8 Å². The minimum atomic E-state index is 0.268. The normalized spacial score (nSPS) is 13.0. The second-order valence-electron chi connectivity index (χ2n) is 4.93. The standard InChI is InChI=1S/C16H24N2S/c1-3-14(17)12-13-6-5-7-16-15(13)8-9-18(16)10-11-19-4-2/h5-9,14H,3-4,10-12,17H2,1-2H3. The number of hydrogen-bond donors (Lipinski definition) is 1. The molecule has 0 spiro atoms. The van der Waals surface area contributed by atoms with E-state index in [1.54, 1.807) is 0 Å². The molecule has 0 saturated heterocycles. The zero-order chi connectivity index (χ0) is 13.7. The summed E-state index contributed by atoms with van der Waals surface area (Å²) < 4.78 is 2.36. The summed E-state index contributed by atoms with van der Waals surface area (Å²) in [6.07, 6.45) is 4.22. The van der Waals surface area contributed by atoms with Crippen molar-refractivity contribution in [3.8, 4) is 0 Å². The summed E-state index contributed by atoms with van der Waals surface area (Å²) in [5.74, 6) is 2.37. The van der Waals surface area contributed by atoms with Crippen LogP contribution in [0.2, 0.25) is 0 Å². The lowest BCUT2D eigenvalue weighted by molar-refractivity contribution is 0.649. The minimum absolute atomic E-state index is 0.268. The van der Waals surface area contributed by atoms with E-state index in [0.717, 1.165) is 19.4 Å². The summed E-state index contributed by atoms with van der Waals surface area (Å²) in [5.41, 5.74) is 8.82. The third-order valence-corrected chi connectivity index (χ3v) is 4.47. The van der Waals surface area contributed by atoms with E-state index in [1.165, 1.54) is 28.0 Å². The van der Waals surface area contributed by atoms with Crippen molar-refractivity contribution in [3.05, 3.63) is 36.0 Å². The molecule has 1 aromatic heterocycles. The number of nitrogens with zero attached hydrogens (tertiary/aromatic N) is 1. The van der Waals surface area contributed by atoms with Crippen molar-refractivity contribution >= 4 is 22.7 Å². The van der Waals surface area contributed by atoms with Crippen molar-refractivity contribution in [3.63, 3.8) is 0 Å². The number of hydrogen-bond acceptors (Lipinski definition) is 2. The fourth-order valence-electron chi connectivity index (χ4n) is 2.39. The van der Waals surface area contributed by atoms with E-state index in [9.17, 15) is 0 Å². The van der Waals surface area contributed by atoms with Crippen LogP contribution < -0.4 is 5.73 Å². The lowest BCUT2D eigenvalue weighted by atomic mass is 10.0. The Labute approximate surface area is 120 Å². The van der Waals surface area contributed by atoms with Gasteiger partial charge in [0.25, 0.3) is 0 Å². The number of rotatable bonds is 7. The van der Waals surface area contributed by atoms with Gasteiger partial charge in [0.15, 0.2) is 0 Å². The zero-order valence-electron chi connectivity index (χ0n) is 11.9. The van der Waals surface area contributed by atoms with Gasteiger partial charge in [-0.25, -0.2) is 0 Å². The first-order valence-electron chi connectivity index (χ1n) is 7.16. The van der Waals surface area contributed by atoms with Crippen molar-refractivity contribution in [2.24, 2.45) is 5.73 Å². The molecule has 1 atom stereocenters. The molecule has 0 radical (unpaired) electrons. The second-order valence-corrected chi connectivity index (χ2v) is 6.32. The quantitative estimate of drug-likeness (QED) is 0.782. The Bertz CT molecular complexity index is 518. The minimum Gasteiger partial charge on any atom is -0.347 e. The SMILES string of the molecule is CCSCCn1ccc2c(CC(N)CC)cccc21. The van der Waals surface area contributed by atoms with Crippen LogP contribution in [0.25, 0.3) is 10.9 Å². The van der Waals surface area contributed by atoms with Crippen LogP contribution in [-0.2, 0) is 13.0 Å². The molecule has 3 heteroatoms. The monoisotopic (exact) mass is 276 g/mol. The van der Waals surface area contributed by atoms with Crippen molar-refractivity contribution < 1.29 is 0 Å². The van der Waals surface area contributed by atoms with E-state index in [-0.39, 0.29) is 6.04 Å². The molecule has 0 aliphatic heterocycles. The van der Waals surface area contributed by atoms with Gasteiger partial charge in [-0.3, -0.25) is 0 Å². The molecule has 0 bridgehead atoms. The molecule has 104 valence electrons. The number of fused-ring (bicyclic) bond motifs is 1. The Kier molecular flexibility index (Phi) is 5.34. The smallest absolute Gasteiger partial charge is 0.0483 e. The van der Waals surface area contributed by atoms with Crippen LogP contribution in [0.4, 0.5) is 0 Å². The Hall–Kier alpha value is -0.930. The molecule has 0 fully saturated rings. The molecule has 0 aliphatic rings. The summed E-state index contributed by atoms with van der Waals surface area (Å²) in [6.45, 7) is 5.45. The van der Waals surface area contributed by atoms with Gasteiger partial charge < -0.3 is 10.3 Å². The maximum absolute atomic E-state index is 6.09. The van der Waals surface area contributed by atoms with Crippen molar-refractivity contribution in [2.45, 2.75) is 39.3 Å².